The van der Waals surface area contributed by atoms with E-state index in [1.54, 1.807) is 12.3 Å². The minimum Gasteiger partial charge on any atom is -0.383 e. The van der Waals surface area contributed by atoms with Crippen LogP contribution >= 0.6 is 0 Å². The third kappa shape index (κ3) is 1.93. The van der Waals surface area contributed by atoms with Crippen molar-refractivity contribution in [1.29, 1.82) is 0 Å². The molecule has 0 amide bonds. The molecule has 0 fully saturated rings. The Kier molecular flexibility index (Phi) is 2.44. The predicted molar refractivity (Wildman–Crippen MR) is 47.9 cm³/mol. The predicted octanol–water partition coefficient (Wildman–Crippen LogP) is 1.86. The summed E-state index contributed by atoms with van der Waals surface area (Å²) in [5.74, 6) is 0.547. The van der Waals surface area contributed by atoms with Crippen LogP contribution in [-0.4, -0.2) is 4.98 Å². The monoisotopic (exact) mass is 146 g/mol. The summed E-state index contributed by atoms with van der Waals surface area (Å²) in [5, 5.41) is 0. The smallest absolute Gasteiger partial charge is 0.130 e. The number of anilines is 1. The Morgan fingerprint density at radius 1 is 1.55 bits per heavy atom. The molecule has 2 N–H and O–H groups in total. The highest BCUT2D eigenvalue weighted by Gasteiger charge is 1.90. The summed E-state index contributed by atoms with van der Waals surface area (Å²) in [7, 11) is 0. The van der Waals surface area contributed by atoms with E-state index < -0.39 is 0 Å². The molecule has 1 aromatic heterocycles. The van der Waals surface area contributed by atoms with Crippen molar-refractivity contribution in [3.05, 3.63) is 42.6 Å². The van der Waals surface area contributed by atoms with E-state index in [9.17, 15) is 0 Å². The summed E-state index contributed by atoms with van der Waals surface area (Å²) < 4.78 is 0. The Hall–Kier alpha value is -1.57. The maximum absolute atomic E-state index is 5.56. The second-order valence-electron chi connectivity index (χ2n) is 2.07. The Bertz CT molecular complexity index is 277. The molecular formula is C9H10N2. The lowest BCUT2D eigenvalue weighted by atomic mass is 10.2. The number of hydrogen-bond donors (Lipinski definition) is 1. The van der Waals surface area contributed by atoms with E-state index in [1.165, 1.54) is 0 Å². The lowest BCUT2D eigenvalue weighted by Crippen LogP contribution is -1.91. The maximum atomic E-state index is 5.56. The topological polar surface area (TPSA) is 38.9 Å². The molecule has 1 heterocycles. The van der Waals surface area contributed by atoms with Crippen molar-refractivity contribution in [3.63, 3.8) is 0 Å². The average Bonchev–Trinajstić information content (AvgIpc) is 2.03. The Morgan fingerprint density at radius 2 is 2.36 bits per heavy atom. The average molecular weight is 146 g/mol. The Morgan fingerprint density at radius 3 is 3.00 bits per heavy atom. The fraction of sp³-hybridized carbons (Fsp3) is 0. The fourth-order valence-electron chi connectivity index (χ4n) is 0.743. The number of allylic oxidation sites excluding steroid dienone is 2. The van der Waals surface area contributed by atoms with Crippen LogP contribution in [-0.2, 0) is 0 Å². The van der Waals surface area contributed by atoms with Crippen molar-refractivity contribution in [2.75, 3.05) is 5.73 Å². The lowest BCUT2D eigenvalue weighted by Gasteiger charge is -1.95. The molecule has 2 nitrogen and oxygen atoms in total. The summed E-state index contributed by atoms with van der Waals surface area (Å²) in [6.45, 7) is 3.56. The van der Waals surface area contributed by atoms with Crippen molar-refractivity contribution in [3.8, 4) is 0 Å². The first-order chi connectivity index (χ1) is 5.34. The molecule has 0 saturated carbocycles. The first kappa shape index (κ1) is 7.54. The molecule has 0 spiro atoms. The molecule has 0 radical (unpaired) electrons. The Labute approximate surface area is 66.1 Å². The molecule has 0 saturated heterocycles. The first-order valence-electron chi connectivity index (χ1n) is 3.34. The lowest BCUT2D eigenvalue weighted by molar-refractivity contribution is 1.33. The largest absolute Gasteiger partial charge is 0.383 e. The van der Waals surface area contributed by atoms with Gasteiger partial charge in [0.25, 0.3) is 0 Å². The van der Waals surface area contributed by atoms with E-state index >= 15 is 0 Å². The van der Waals surface area contributed by atoms with Gasteiger partial charge in [-0.05, 0) is 12.1 Å². The molecule has 0 aliphatic heterocycles. The van der Waals surface area contributed by atoms with Gasteiger partial charge in [0.1, 0.15) is 5.82 Å². The van der Waals surface area contributed by atoms with E-state index in [-0.39, 0.29) is 0 Å². The Balaban J connectivity index is 2.94. The zero-order valence-electron chi connectivity index (χ0n) is 6.20. The normalized spacial score (nSPS) is 10.2. The summed E-state index contributed by atoms with van der Waals surface area (Å²) in [6.07, 6.45) is 7.07. The number of aromatic nitrogens is 1. The highest BCUT2D eigenvalue weighted by atomic mass is 14.8. The summed E-state index contributed by atoms with van der Waals surface area (Å²) in [5.41, 5.74) is 6.49. The standard InChI is InChI=1S/C9H10N2/c1-2-3-5-8-6-4-7-11-9(8)10/h2-7H,1H2,(H2,10,11)/b5-3+. The van der Waals surface area contributed by atoms with Crippen LogP contribution in [0.15, 0.2) is 37.1 Å². The van der Waals surface area contributed by atoms with Crippen LogP contribution in [0.1, 0.15) is 5.56 Å². The molecule has 11 heavy (non-hydrogen) atoms. The number of nitrogens with two attached hydrogens (primary N) is 1. The molecule has 0 aliphatic carbocycles. The quantitative estimate of drug-likeness (QED) is 0.647. The van der Waals surface area contributed by atoms with Crippen molar-refractivity contribution in [2.45, 2.75) is 0 Å². The van der Waals surface area contributed by atoms with E-state index in [4.69, 9.17) is 5.73 Å². The number of hydrogen-bond acceptors (Lipinski definition) is 2. The fourth-order valence-corrected chi connectivity index (χ4v) is 0.743. The van der Waals surface area contributed by atoms with Gasteiger partial charge in [-0.3, -0.25) is 0 Å². The van der Waals surface area contributed by atoms with Crippen molar-refractivity contribution in [1.82, 2.24) is 4.98 Å². The van der Waals surface area contributed by atoms with Crippen LogP contribution in [0.25, 0.3) is 6.08 Å². The van der Waals surface area contributed by atoms with Crippen molar-refractivity contribution < 1.29 is 0 Å². The summed E-state index contributed by atoms with van der Waals surface area (Å²) in [6, 6.07) is 3.75. The van der Waals surface area contributed by atoms with E-state index in [0.29, 0.717) is 5.82 Å². The van der Waals surface area contributed by atoms with Crippen LogP contribution in [0, 0.1) is 0 Å². The van der Waals surface area contributed by atoms with Gasteiger partial charge in [-0.1, -0.05) is 24.8 Å². The van der Waals surface area contributed by atoms with Crippen LogP contribution < -0.4 is 5.73 Å². The molecule has 0 atom stereocenters. The van der Waals surface area contributed by atoms with Gasteiger partial charge in [0.05, 0.1) is 0 Å². The number of pyridine rings is 1. The zero-order valence-corrected chi connectivity index (χ0v) is 6.20. The minimum atomic E-state index is 0.547. The van der Waals surface area contributed by atoms with Gasteiger partial charge in [0.2, 0.25) is 0 Å². The number of nitrogens with zero attached hydrogens (tertiary/aromatic N) is 1. The van der Waals surface area contributed by atoms with Gasteiger partial charge in [-0.15, -0.1) is 0 Å². The minimum absolute atomic E-state index is 0.547. The van der Waals surface area contributed by atoms with Gasteiger partial charge in [-0.25, -0.2) is 4.98 Å². The van der Waals surface area contributed by atoms with E-state index in [1.807, 2.05) is 24.3 Å². The molecule has 0 aliphatic rings. The molecule has 1 rings (SSSR count). The first-order valence-corrected chi connectivity index (χ1v) is 3.34. The van der Waals surface area contributed by atoms with Crippen LogP contribution in [0.3, 0.4) is 0 Å². The summed E-state index contributed by atoms with van der Waals surface area (Å²) >= 11 is 0. The highest BCUT2D eigenvalue weighted by Crippen LogP contribution is 2.08. The van der Waals surface area contributed by atoms with Crippen molar-refractivity contribution in [2.24, 2.45) is 0 Å². The van der Waals surface area contributed by atoms with Gasteiger partial charge < -0.3 is 5.73 Å². The number of nitrogen functional groups attached to an aromatic ring is 1. The SMILES string of the molecule is C=C/C=C/c1cccnc1N. The maximum Gasteiger partial charge on any atom is 0.130 e. The van der Waals surface area contributed by atoms with Crippen LogP contribution in [0.2, 0.25) is 0 Å². The molecule has 0 bridgehead atoms. The van der Waals surface area contributed by atoms with E-state index in [2.05, 4.69) is 11.6 Å². The molecular weight excluding hydrogens is 136 g/mol. The molecule has 56 valence electrons. The molecule has 0 unspecified atom stereocenters. The third-order valence-electron chi connectivity index (χ3n) is 1.28. The second-order valence-corrected chi connectivity index (χ2v) is 2.07. The molecule has 2 heteroatoms. The van der Waals surface area contributed by atoms with Gasteiger partial charge in [-0.2, -0.15) is 0 Å². The van der Waals surface area contributed by atoms with Gasteiger partial charge >= 0.3 is 0 Å². The second kappa shape index (κ2) is 3.56. The van der Waals surface area contributed by atoms with Gasteiger partial charge in [0.15, 0.2) is 0 Å². The van der Waals surface area contributed by atoms with Crippen molar-refractivity contribution >= 4 is 11.9 Å². The van der Waals surface area contributed by atoms with Crippen LogP contribution in [0.4, 0.5) is 5.82 Å². The molecule has 0 aromatic carbocycles. The van der Waals surface area contributed by atoms with Crippen LogP contribution in [0.5, 0.6) is 0 Å². The molecule has 1 aromatic rings. The highest BCUT2D eigenvalue weighted by molar-refractivity contribution is 5.61. The van der Waals surface area contributed by atoms with Gasteiger partial charge in [0, 0.05) is 11.8 Å². The third-order valence-corrected chi connectivity index (χ3v) is 1.28. The zero-order chi connectivity index (χ0) is 8.10. The number of rotatable bonds is 2. The summed E-state index contributed by atoms with van der Waals surface area (Å²) in [4.78, 5) is 3.92. The van der Waals surface area contributed by atoms with E-state index in [0.717, 1.165) is 5.56 Å².